The zero-order chi connectivity index (χ0) is 19.2. The molecule has 2 aromatic rings. The summed E-state index contributed by atoms with van der Waals surface area (Å²) in [5.41, 5.74) is 9.29. The van der Waals surface area contributed by atoms with Crippen molar-refractivity contribution in [3.63, 3.8) is 0 Å². The number of primary amides is 1. The van der Waals surface area contributed by atoms with Crippen LogP contribution < -0.4 is 16.4 Å². The number of rotatable bonds is 7. The number of carbonyl (C=O) groups excluding carboxylic acids is 2. The van der Waals surface area contributed by atoms with Crippen LogP contribution in [0.1, 0.15) is 53.8 Å². The Morgan fingerprint density at radius 1 is 1.30 bits per heavy atom. The summed E-state index contributed by atoms with van der Waals surface area (Å²) in [5, 5.41) is 5.88. The fourth-order valence-corrected chi connectivity index (χ4v) is 3.22. The highest BCUT2D eigenvalue weighted by Gasteiger charge is 2.16. The van der Waals surface area contributed by atoms with Crippen LogP contribution in [0.2, 0.25) is 0 Å². The number of hydrogen-bond donors (Lipinski definition) is 4. The molecule has 7 heteroatoms. The van der Waals surface area contributed by atoms with Crippen molar-refractivity contribution in [2.75, 3.05) is 17.7 Å². The van der Waals surface area contributed by atoms with Gasteiger partial charge in [-0.05, 0) is 55.4 Å². The SMILES string of the molecule is CNc1cnc(C(=O)Nc2ccc(CCC(N)=O)cc2C2=CCCCC2)[nH]1. The van der Waals surface area contributed by atoms with Crippen LogP contribution >= 0.6 is 0 Å². The molecular formula is C20H25N5O2. The fraction of sp³-hybridized carbons (Fsp3) is 0.350. The summed E-state index contributed by atoms with van der Waals surface area (Å²) in [6.45, 7) is 0. The minimum Gasteiger partial charge on any atom is -0.373 e. The maximum Gasteiger partial charge on any atom is 0.291 e. The van der Waals surface area contributed by atoms with Crippen LogP contribution in [0, 0.1) is 0 Å². The Morgan fingerprint density at radius 3 is 2.81 bits per heavy atom. The van der Waals surface area contributed by atoms with Gasteiger partial charge in [0.2, 0.25) is 5.91 Å². The standard InChI is InChI=1S/C20H25N5O2/c1-22-18-12-23-19(25-18)20(27)24-16-9-7-13(8-10-17(21)26)11-15(16)14-5-3-2-4-6-14/h5,7,9,11-12,22H,2-4,6,8,10H2,1H3,(H2,21,26)(H,23,25)(H,24,27). The predicted octanol–water partition coefficient (Wildman–Crippen LogP) is 3.08. The zero-order valence-corrected chi connectivity index (χ0v) is 15.5. The van der Waals surface area contributed by atoms with E-state index in [2.05, 4.69) is 32.7 Å². The average molecular weight is 367 g/mol. The Kier molecular flexibility index (Phi) is 5.90. The molecule has 5 N–H and O–H groups in total. The lowest BCUT2D eigenvalue weighted by Crippen LogP contribution is -2.15. The van der Waals surface area contributed by atoms with E-state index in [1.54, 1.807) is 13.2 Å². The monoisotopic (exact) mass is 367 g/mol. The Morgan fingerprint density at radius 2 is 2.15 bits per heavy atom. The number of hydrogen-bond acceptors (Lipinski definition) is 4. The number of imidazole rings is 1. The summed E-state index contributed by atoms with van der Waals surface area (Å²) < 4.78 is 0. The van der Waals surface area contributed by atoms with Crippen LogP contribution in [-0.4, -0.2) is 28.8 Å². The number of aryl methyl sites for hydroxylation is 1. The zero-order valence-electron chi connectivity index (χ0n) is 15.5. The van der Waals surface area contributed by atoms with E-state index in [9.17, 15) is 9.59 Å². The van der Waals surface area contributed by atoms with Gasteiger partial charge in [-0.1, -0.05) is 12.1 Å². The largest absolute Gasteiger partial charge is 0.373 e. The van der Waals surface area contributed by atoms with Crippen LogP contribution in [0.4, 0.5) is 11.5 Å². The molecule has 0 bridgehead atoms. The third-order valence-corrected chi connectivity index (χ3v) is 4.69. The van der Waals surface area contributed by atoms with Crippen molar-refractivity contribution in [1.29, 1.82) is 0 Å². The van der Waals surface area contributed by atoms with E-state index < -0.39 is 0 Å². The summed E-state index contributed by atoms with van der Waals surface area (Å²) >= 11 is 0. The van der Waals surface area contributed by atoms with Gasteiger partial charge >= 0.3 is 0 Å². The molecule has 142 valence electrons. The number of nitrogens with one attached hydrogen (secondary N) is 3. The summed E-state index contributed by atoms with van der Waals surface area (Å²) in [6.07, 6.45) is 9.05. The third kappa shape index (κ3) is 4.75. The predicted molar refractivity (Wildman–Crippen MR) is 106 cm³/mol. The highest BCUT2D eigenvalue weighted by atomic mass is 16.2. The second-order valence-electron chi connectivity index (χ2n) is 6.67. The summed E-state index contributed by atoms with van der Waals surface area (Å²) in [7, 11) is 1.76. The maximum atomic E-state index is 12.6. The van der Waals surface area contributed by atoms with Gasteiger partial charge in [0.15, 0.2) is 5.82 Å². The molecule has 0 aliphatic heterocycles. The minimum atomic E-state index is -0.316. The second-order valence-corrected chi connectivity index (χ2v) is 6.67. The van der Waals surface area contributed by atoms with Crippen LogP contribution in [0.15, 0.2) is 30.5 Å². The van der Waals surface area contributed by atoms with E-state index in [0.29, 0.717) is 18.7 Å². The Labute approximate surface area is 158 Å². The molecule has 2 amide bonds. The number of anilines is 2. The number of aromatic nitrogens is 2. The van der Waals surface area contributed by atoms with Crippen molar-refractivity contribution in [1.82, 2.24) is 9.97 Å². The molecule has 27 heavy (non-hydrogen) atoms. The molecule has 3 rings (SSSR count). The van der Waals surface area contributed by atoms with Crippen LogP contribution in [0.25, 0.3) is 5.57 Å². The molecule has 7 nitrogen and oxygen atoms in total. The quantitative estimate of drug-likeness (QED) is 0.602. The van der Waals surface area contributed by atoms with Gasteiger partial charge in [-0.2, -0.15) is 0 Å². The average Bonchev–Trinajstić information content (AvgIpc) is 3.17. The number of allylic oxidation sites excluding steroid dienone is 2. The molecule has 0 spiro atoms. The van der Waals surface area contributed by atoms with Gasteiger partial charge in [-0.25, -0.2) is 4.98 Å². The highest BCUT2D eigenvalue weighted by molar-refractivity contribution is 6.03. The van der Waals surface area contributed by atoms with Gasteiger partial charge in [-0.3, -0.25) is 9.59 Å². The first-order valence-corrected chi connectivity index (χ1v) is 9.21. The second kappa shape index (κ2) is 8.53. The van der Waals surface area contributed by atoms with Gasteiger partial charge in [0.25, 0.3) is 5.91 Å². The number of carbonyl (C=O) groups is 2. The normalized spacial score (nSPS) is 13.7. The lowest BCUT2D eigenvalue weighted by atomic mass is 9.91. The molecule has 1 aliphatic carbocycles. The minimum absolute atomic E-state index is 0.251. The molecule has 1 aromatic carbocycles. The molecule has 0 atom stereocenters. The number of nitrogens with zero attached hydrogens (tertiary/aromatic N) is 1. The van der Waals surface area contributed by atoms with Crippen molar-refractivity contribution in [3.8, 4) is 0 Å². The van der Waals surface area contributed by atoms with Gasteiger partial charge in [0.05, 0.1) is 6.20 Å². The Balaban J connectivity index is 1.87. The first-order valence-electron chi connectivity index (χ1n) is 9.21. The molecule has 1 aromatic heterocycles. The van der Waals surface area contributed by atoms with Crippen LogP contribution in [0.3, 0.4) is 0 Å². The van der Waals surface area contributed by atoms with E-state index in [-0.39, 0.29) is 17.6 Å². The number of amides is 2. The number of aromatic amines is 1. The van der Waals surface area contributed by atoms with Gasteiger partial charge in [-0.15, -0.1) is 0 Å². The van der Waals surface area contributed by atoms with Crippen LogP contribution in [0.5, 0.6) is 0 Å². The molecule has 0 saturated carbocycles. The molecule has 1 heterocycles. The van der Waals surface area contributed by atoms with Gasteiger partial charge < -0.3 is 21.4 Å². The maximum absolute atomic E-state index is 12.6. The van der Waals surface area contributed by atoms with Crippen molar-refractivity contribution in [2.45, 2.75) is 38.5 Å². The lowest BCUT2D eigenvalue weighted by Gasteiger charge is -2.18. The van der Waals surface area contributed by atoms with E-state index in [4.69, 9.17) is 5.73 Å². The number of nitrogens with two attached hydrogens (primary N) is 1. The van der Waals surface area contributed by atoms with E-state index in [1.165, 1.54) is 12.0 Å². The first kappa shape index (κ1) is 18.7. The molecule has 1 aliphatic rings. The molecular weight excluding hydrogens is 342 g/mol. The van der Waals surface area contributed by atoms with Crippen molar-refractivity contribution in [2.24, 2.45) is 5.73 Å². The number of H-pyrrole nitrogens is 1. The van der Waals surface area contributed by atoms with Gasteiger partial charge in [0, 0.05) is 24.7 Å². The fourth-order valence-electron chi connectivity index (χ4n) is 3.22. The molecule has 0 fully saturated rings. The van der Waals surface area contributed by atoms with Gasteiger partial charge in [0.1, 0.15) is 5.82 Å². The van der Waals surface area contributed by atoms with Crippen molar-refractivity contribution < 1.29 is 9.59 Å². The van der Waals surface area contributed by atoms with E-state index in [1.807, 2.05) is 12.1 Å². The summed E-state index contributed by atoms with van der Waals surface area (Å²) in [5.74, 6) is 0.320. The lowest BCUT2D eigenvalue weighted by molar-refractivity contribution is -0.117. The summed E-state index contributed by atoms with van der Waals surface area (Å²) in [6, 6.07) is 5.87. The topological polar surface area (TPSA) is 113 Å². The smallest absolute Gasteiger partial charge is 0.291 e. The van der Waals surface area contributed by atoms with Crippen LogP contribution in [-0.2, 0) is 11.2 Å². The molecule has 0 unspecified atom stereocenters. The Hall–Kier alpha value is -3.09. The first-order chi connectivity index (χ1) is 13.1. The summed E-state index contributed by atoms with van der Waals surface area (Å²) in [4.78, 5) is 30.7. The molecule has 0 saturated heterocycles. The van der Waals surface area contributed by atoms with E-state index >= 15 is 0 Å². The van der Waals surface area contributed by atoms with Crippen molar-refractivity contribution >= 4 is 28.9 Å². The van der Waals surface area contributed by atoms with E-state index in [0.717, 1.165) is 36.1 Å². The Bertz CT molecular complexity index is 869. The molecule has 0 radical (unpaired) electrons. The highest BCUT2D eigenvalue weighted by Crippen LogP contribution is 2.33. The third-order valence-electron chi connectivity index (χ3n) is 4.69. The van der Waals surface area contributed by atoms with Crippen molar-refractivity contribution in [3.05, 3.63) is 47.4 Å². The number of benzene rings is 1.